The average molecular weight is 343 g/mol. The van der Waals surface area contributed by atoms with Crippen LogP contribution in [0.25, 0.3) is 10.9 Å². The van der Waals surface area contributed by atoms with Gasteiger partial charge in [0, 0.05) is 33.6 Å². The summed E-state index contributed by atoms with van der Waals surface area (Å²) in [6.07, 6.45) is 3.26. The summed E-state index contributed by atoms with van der Waals surface area (Å²) in [5, 5.41) is 7.31. The molecule has 0 unspecified atom stereocenters. The zero-order valence-corrected chi connectivity index (χ0v) is 13.8. The molecule has 2 aromatic heterocycles. The number of nitrogens with one attached hydrogen (secondary N) is 2. The molecule has 3 aromatic rings. The zero-order chi connectivity index (χ0) is 17.4. The van der Waals surface area contributed by atoms with Gasteiger partial charge in [0.25, 0.3) is 5.88 Å². The number of hydrogen-bond donors (Lipinski definition) is 2. The van der Waals surface area contributed by atoms with Crippen LogP contribution < -0.4 is 10.1 Å². The summed E-state index contributed by atoms with van der Waals surface area (Å²) >= 11 is 0. The monoisotopic (exact) mass is 343 g/mol. The highest BCUT2D eigenvalue weighted by Gasteiger charge is 2.44. The molecule has 7 heteroatoms. The van der Waals surface area contributed by atoms with Crippen molar-refractivity contribution in [2.24, 2.45) is 5.41 Å². The highest BCUT2D eigenvalue weighted by Crippen LogP contribution is 2.45. The molecule has 25 heavy (non-hydrogen) atoms. The van der Waals surface area contributed by atoms with Crippen molar-refractivity contribution in [2.75, 3.05) is 0 Å². The normalized spacial score (nSPS) is 15.3. The first-order valence-electron chi connectivity index (χ1n) is 8.15. The third kappa shape index (κ3) is 3.22. The number of aromatic nitrogens is 2. The van der Waals surface area contributed by atoms with Gasteiger partial charge in [-0.15, -0.1) is 0 Å². The Morgan fingerprint density at radius 3 is 3.00 bits per heavy atom. The molecule has 2 heterocycles. The third-order valence-electron chi connectivity index (χ3n) is 4.62. The van der Waals surface area contributed by atoms with Crippen molar-refractivity contribution in [1.82, 2.24) is 15.5 Å². The number of benzene rings is 1. The lowest BCUT2D eigenvalue weighted by molar-refractivity contribution is -0.125. The predicted octanol–water partition coefficient (Wildman–Crippen LogP) is 3.29. The van der Waals surface area contributed by atoms with Crippen LogP contribution in [-0.4, -0.2) is 16.0 Å². The molecule has 4 rings (SSSR count). The number of hydrogen-bond acceptors (Lipinski definition) is 4. The zero-order valence-electron chi connectivity index (χ0n) is 13.8. The van der Waals surface area contributed by atoms with E-state index in [9.17, 15) is 9.18 Å². The van der Waals surface area contributed by atoms with E-state index in [0.29, 0.717) is 18.0 Å². The Kier molecular flexibility index (Phi) is 3.71. The molecule has 0 aliphatic heterocycles. The van der Waals surface area contributed by atoms with Crippen LogP contribution in [0.3, 0.4) is 0 Å². The van der Waals surface area contributed by atoms with E-state index >= 15 is 0 Å². The number of halogens is 1. The fourth-order valence-electron chi connectivity index (χ4n) is 2.69. The minimum Gasteiger partial charge on any atom is -0.471 e. The predicted molar refractivity (Wildman–Crippen MR) is 88.3 cm³/mol. The summed E-state index contributed by atoms with van der Waals surface area (Å²) in [6, 6.07) is 6.57. The van der Waals surface area contributed by atoms with Crippen molar-refractivity contribution in [3.8, 4) is 5.88 Å². The SMILES string of the molecule is CC1(C(=O)NCc2cc3cc(F)c(COc4ccon4)cc3[nH]2)CC1. The van der Waals surface area contributed by atoms with Crippen molar-refractivity contribution in [1.29, 1.82) is 0 Å². The lowest BCUT2D eigenvalue weighted by Crippen LogP contribution is -2.29. The second kappa shape index (κ2) is 5.91. The van der Waals surface area contributed by atoms with Gasteiger partial charge in [-0.25, -0.2) is 4.39 Å². The van der Waals surface area contributed by atoms with Crippen molar-refractivity contribution in [3.05, 3.63) is 47.6 Å². The largest absolute Gasteiger partial charge is 0.471 e. The second-order valence-corrected chi connectivity index (χ2v) is 6.70. The number of carbonyl (C=O) groups is 1. The Balaban J connectivity index is 1.47. The maximum atomic E-state index is 14.2. The van der Waals surface area contributed by atoms with Crippen LogP contribution in [0.4, 0.5) is 4.39 Å². The van der Waals surface area contributed by atoms with Crippen molar-refractivity contribution in [2.45, 2.75) is 32.9 Å². The quantitative estimate of drug-likeness (QED) is 0.720. The molecule has 0 spiro atoms. The Bertz CT molecular complexity index is 913. The van der Waals surface area contributed by atoms with Gasteiger partial charge >= 0.3 is 0 Å². The van der Waals surface area contributed by atoms with Crippen LogP contribution >= 0.6 is 0 Å². The molecule has 0 bridgehead atoms. The number of rotatable bonds is 6. The molecule has 0 radical (unpaired) electrons. The molecule has 1 aliphatic rings. The van der Waals surface area contributed by atoms with Crippen LogP contribution in [0, 0.1) is 11.2 Å². The lowest BCUT2D eigenvalue weighted by atomic mass is 10.1. The summed E-state index contributed by atoms with van der Waals surface area (Å²) in [5.41, 5.74) is 1.84. The first-order valence-corrected chi connectivity index (χ1v) is 8.15. The van der Waals surface area contributed by atoms with Crippen LogP contribution in [0.2, 0.25) is 0 Å². The minimum atomic E-state index is -0.351. The summed E-state index contributed by atoms with van der Waals surface area (Å²) < 4.78 is 24.3. The van der Waals surface area contributed by atoms with E-state index in [4.69, 9.17) is 4.74 Å². The van der Waals surface area contributed by atoms with Crippen molar-refractivity contribution in [3.63, 3.8) is 0 Å². The van der Waals surface area contributed by atoms with Gasteiger partial charge in [-0.05, 0) is 36.2 Å². The molecule has 1 aromatic carbocycles. The number of carbonyl (C=O) groups excluding carboxylic acids is 1. The van der Waals surface area contributed by atoms with E-state index in [-0.39, 0.29) is 23.7 Å². The van der Waals surface area contributed by atoms with Crippen molar-refractivity contribution < 1.29 is 18.4 Å². The van der Waals surface area contributed by atoms with Gasteiger partial charge in [-0.1, -0.05) is 6.92 Å². The van der Waals surface area contributed by atoms with Crippen LogP contribution in [0.5, 0.6) is 5.88 Å². The van der Waals surface area contributed by atoms with Gasteiger partial charge in [-0.2, -0.15) is 0 Å². The summed E-state index contributed by atoms with van der Waals surface area (Å²) in [4.78, 5) is 15.2. The van der Waals surface area contributed by atoms with E-state index < -0.39 is 0 Å². The molecule has 0 saturated heterocycles. The number of ether oxygens (including phenoxy) is 1. The number of aromatic amines is 1. The van der Waals surface area contributed by atoms with E-state index in [1.54, 1.807) is 12.1 Å². The molecule has 2 N–H and O–H groups in total. The molecule has 1 fully saturated rings. The standard InChI is InChI=1S/C18H18FN3O3/c1-18(3-4-18)17(23)20-9-13-6-11-7-14(19)12(8-15(11)21-13)10-24-16-2-5-25-22-16/h2,5-8,21H,3-4,9-10H2,1H3,(H,20,23). The van der Waals surface area contributed by atoms with Crippen LogP contribution in [0.1, 0.15) is 31.0 Å². The lowest BCUT2D eigenvalue weighted by Gasteiger charge is -2.08. The fourth-order valence-corrected chi connectivity index (χ4v) is 2.69. The van der Waals surface area contributed by atoms with Gasteiger partial charge in [0.2, 0.25) is 5.91 Å². The molecule has 6 nitrogen and oxygen atoms in total. The van der Waals surface area contributed by atoms with E-state index in [1.165, 1.54) is 12.3 Å². The maximum Gasteiger partial charge on any atom is 0.254 e. The topological polar surface area (TPSA) is 80.2 Å². The van der Waals surface area contributed by atoms with Gasteiger partial charge in [-0.3, -0.25) is 4.79 Å². The number of H-pyrrole nitrogens is 1. The average Bonchev–Trinajstić information content (AvgIpc) is 3.01. The first kappa shape index (κ1) is 15.7. The second-order valence-electron chi connectivity index (χ2n) is 6.70. The molecule has 1 amide bonds. The fraction of sp³-hybridized carbons (Fsp3) is 0.333. The Labute approximate surface area is 143 Å². The van der Waals surface area contributed by atoms with Gasteiger partial charge in [0.1, 0.15) is 18.7 Å². The highest BCUT2D eigenvalue weighted by atomic mass is 19.1. The molecular formula is C18H18FN3O3. The maximum absolute atomic E-state index is 14.2. The van der Waals surface area contributed by atoms with Gasteiger partial charge < -0.3 is 19.6 Å². The number of amides is 1. The Hall–Kier alpha value is -2.83. The highest BCUT2D eigenvalue weighted by molar-refractivity contribution is 5.85. The smallest absolute Gasteiger partial charge is 0.254 e. The molecule has 1 saturated carbocycles. The van der Waals surface area contributed by atoms with Crippen molar-refractivity contribution >= 4 is 16.8 Å². The minimum absolute atomic E-state index is 0.0533. The van der Waals surface area contributed by atoms with E-state index in [1.807, 2.05) is 13.0 Å². The van der Waals surface area contributed by atoms with E-state index in [2.05, 4.69) is 20.0 Å². The molecule has 1 aliphatic carbocycles. The Morgan fingerprint density at radius 1 is 1.44 bits per heavy atom. The van der Waals surface area contributed by atoms with Crippen LogP contribution in [-0.2, 0) is 17.9 Å². The van der Waals surface area contributed by atoms with E-state index in [0.717, 1.165) is 29.4 Å². The van der Waals surface area contributed by atoms with Crippen LogP contribution in [0.15, 0.2) is 35.1 Å². The summed E-state index contributed by atoms with van der Waals surface area (Å²) in [7, 11) is 0. The Morgan fingerprint density at radius 2 is 2.28 bits per heavy atom. The van der Waals surface area contributed by atoms with Gasteiger partial charge in [0.05, 0.1) is 6.54 Å². The molecular weight excluding hydrogens is 325 g/mol. The number of fused-ring (bicyclic) bond motifs is 1. The summed E-state index contributed by atoms with van der Waals surface area (Å²) in [5.74, 6) is 0.0260. The molecule has 0 atom stereocenters. The number of nitrogens with zero attached hydrogens (tertiary/aromatic N) is 1. The molecule has 130 valence electrons. The van der Waals surface area contributed by atoms with Gasteiger partial charge in [0.15, 0.2) is 0 Å². The summed E-state index contributed by atoms with van der Waals surface area (Å²) in [6.45, 7) is 2.41. The first-order chi connectivity index (χ1) is 12.0. The third-order valence-corrected chi connectivity index (χ3v) is 4.62.